The monoisotopic (exact) mass is 205 g/mol. The summed E-state index contributed by atoms with van der Waals surface area (Å²) in [6.45, 7) is 0.242. The van der Waals surface area contributed by atoms with Crippen molar-refractivity contribution in [1.82, 2.24) is 4.90 Å². The number of likely N-dealkylation sites (N-methyl/N-ethyl adjacent to an activating group) is 2. The maximum atomic E-state index is 11.5. The number of amides is 1. The molecular weight excluding hydrogens is 184 g/mol. The van der Waals surface area contributed by atoms with Crippen molar-refractivity contribution in [2.75, 3.05) is 47.9 Å². The van der Waals surface area contributed by atoms with Crippen LogP contribution >= 0.6 is 0 Å². The van der Waals surface area contributed by atoms with E-state index in [0.717, 1.165) is 0 Å². The zero-order valence-corrected chi connectivity index (χ0v) is 9.40. The molecule has 84 valence electrons. The predicted molar refractivity (Wildman–Crippen MR) is 53.6 cm³/mol. The lowest BCUT2D eigenvalue weighted by Crippen LogP contribution is -2.46. The number of carbonyl (C=O) groups is 1. The van der Waals surface area contributed by atoms with Gasteiger partial charge in [-0.05, 0) is 0 Å². The van der Waals surface area contributed by atoms with Crippen molar-refractivity contribution < 1.29 is 19.5 Å². The van der Waals surface area contributed by atoms with Gasteiger partial charge in [-0.25, -0.2) is 0 Å². The molecule has 0 spiro atoms. The summed E-state index contributed by atoms with van der Waals surface area (Å²) in [5, 5.41) is 17.7. The van der Waals surface area contributed by atoms with Gasteiger partial charge in [-0.1, -0.05) is 0 Å². The number of nitrogens with zero attached hydrogens (tertiary/aromatic N) is 2. The molecule has 0 saturated carbocycles. The molecule has 1 unspecified atom stereocenters. The van der Waals surface area contributed by atoms with Crippen molar-refractivity contribution in [3.05, 3.63) is 0 Å². The van der Waals surface area contributed by atoms with Crippen LogP contribution < -0.4 is 0 Å². The fourth-order valence-electron chi connectivity index (χ4n) is 1.00. The lowest BCUT2D eigenvalue weighted by molar-refractivity contribution is -0.862. The van der Waals surface area contributed by atoms with Crippen LogP contribution in [-0.4, -0.2) is 79.5 Å². The molecule has 0 heterocycles. The van der Waals surface area contributed by atoms with Gasteiger partial charge in [0.25, 0.3) is 5.91 Å². The van der Waals surface area contributed by atoms with Gasteiger partial charge in [0.15, 0.2) is 6.54 Å². The highest BCUT2D eigenvalue weighted by Crippen LogP contribution is 1.95. The Bertz CT molecular complexity index is 189. The summed E-state index contributed by atoms with van der Waals surface area (Å²) in [5.41, 5.74) is 0. The molecule has 5 heteroatoms. The van der Waals surface area contributed by atoms with Crippen LogP contribution in [0, 0.1) is 0 Å². The topological polar surface area (TPSA) is 60.8 Å². The maximum Gasteiger partial charge on any atom is 0.277 e. The lowest BCUT2D eigenvalue weighted by Gasteiger charge is -2.27. The zero-order chi connectivity index (χ0) is 11.4. The molecule has 0 aromatic rings. The van der Waals surface area contributed by atoms with E-state index >= 15 is 0 Å². The zero-order valence-electron chi connectivity index (χ0n) is 9.40. The molecule has 0 saturated heterocycles. The van der Waals surface area contributed by atoms with Gasteiger partial charge in [0.1, 0.15) is 0 Å². The quantitative estimate of drug-likeness (QED) is 0.537. The van der Waals surface area contributed by atoms with Gasteiger partial charge in [-0.15, -0.1) is 0 Å². The molecule has 0 radical (unpaired) electrons. The largest absolute Gasteiger partial charge is 0.394 e. The first kappa shape index (κ1) is 13.4. The van der Waals surface area contributed by atoms with Crippen LogP contribution in [0.4, 0.5) is 0 Å². The first-order valence-electron chi connectivity index (χ1n) is 4.59. The van der Waals surface area contributed by atoms with Gasteiger partial charge in [0.2, 0.25) is 0 Å². The normalized spacial score (nSPS) is 13.9. The van der Waals surface area contributed by atoms with Crippen LogP contribution in [0.3, 0.4) is 0 Å². The minimum Gasteiger partial charge on any atom is -0.394 e. The minimum absolute atomic E-state index is 0.0370. The van der Waals surface area contributed by atoms with Crippen molar-refractivity contribution in [2.24, 2.45) is 0 Å². The molecule has 0 bridgehead atoms. The molecule has 1 atom stereocenters. The van der Waals surface area contributed by atoms with Gasteiger partial charge in [0, 0.05) is 13.6 Å². The van der Waals surface area contributed by atoms with E-state index in [1.807, 2.05) is 21.1 Å². The van der Waals surface area contributed by atoms with E-state index in [-0.39, 0.29) is 19.1 Å². The molecule has 0 aromatic carbocycles. The van der Waals surface area contributed by atoms with E-state index in [9.17, 15) is 4.79 Å². The van der Waals surface area contributed by atoms with Crippen LogP contribution in [0.15, 0.2) is 0 Å². The Hall–Kier alpha value is -0.650. The summed E-state index contributed by atoms with van der Waals surface area (Å²) >= 11 is 0. The van der Waals surface area contributed by atoms with E-state index in [1.54, 1.807) is 7.05 Å². The Morgan fingerprint density at radius 3 is 2.29 bits per heavy atom. The smallest absolute Gasteiger partial charge is 0.277 e. The second-order valence-corrected chi connectivity index (χ2v) is 4.56. The molecule has 1 amide bonds. The molecule has 0 rings (SSSR count). The van der Waals surface area contributed by atoms with Gasteiger partial charge in [-0.3, -0.25) is 4.79 Å². The molecule has 0 aliphatic heterocycles. The standard InChI is InChI=1S/C9H21N2O3/c1-10(5-8(13)7-12)9(14)6-11(2,3)4/h8,12-13H,5-7H2,1-4H3/q+1. The molecule has 0 aliphatic rings. The highest BCUT2D eigenvalue weighted by molar-refractivity contribution is 5.77. The number of rotatable bonds is 5. The van der Waals surface area contributed by atoms with Gasteiger partial charge in [0.05, 0.1) is 33.9 Å². The molecule has 14 heavy (non-hydrogen) atoms. The summed E-state index contributed by atoms with van der Waals surface area (Å²) in [6, 6.07) is 0. The maximum absolute atomic E-state index is 11.5. The van der Waals surface area contributed by atoms with Crippen molar-refractivity contribution in [3.63, 3.8) is 0 Å². The number of hydrogen-bond acceptors (Lipinski definition) is 3. The van der Waals surface area contributed by atoms with E-state index in [1.165, 1.54) is 4.90 Å². The van der Waals surface area contributed by atoms with Crippen molar-refractivity contribution in [2.45, 2.75) is 6.10 Å². The summed E-state index contributed by atoms with van der Waals surface area (Å²) in [5.74, 6) is -0.0370. The first-order valence-corrected chi connectivity index (χ1v) is 4.59. The number of carbonyl (C=O) groups excluding carboxylic acids is 1. The highest BCUT2D eigenvalue weighted by Gasteiger charge is 2.19. The van der Waals surface area contributed by atoms with E-state index in [4.69, 9.17) is 10.2 Å². The lowest BCUT2D eigenvalue weighted by atomic mass is 10.3. The van der Waals surface area contributed by atoms with Crippen LogP contribution in [0.25, 0.3) is 0 Å². The van der Waals surface area contributed by atoms with Crippen LogP contribution in [0.1, 0.15) is 0 Å². The Balaban J connectivity index is 4.00. The molecule has 0 aromatic heterocycles. The fraction of sp³-hybridized carbons (Fsp3) is 0.889. The number of quaternary nitrogens is 1. The van der Waals surface area contributed by atoms with E-state index in [0.29, 0.717) is 11.0 Å². The first-order chi connectivity index (χ1) is 6.26. The third-order valence-electron chi connectivity index (χ3n) is 1.73. The molecular formula is C9H21N2O3+. The average Bonchev–Trinajstić information content (AvgIpc) is 2.00. The number of aliphatic hydroxyl groups excluding tert-OH is 2. The molecule has 0 fully saturated rings. The predicted octanol–water partition coefficient (Wildman–Crippen LogP) is -1.50. The Morgan fingerprint density at radius 1 is 1.43 bits per heavy atom. The van der Waals surface area contributed by atoms with Crippen molar-refractivity contribution >= 4 is 5.91 Å². The third kappa shape index (κ3) is 5.90. The second kappa shape index (κ2) is 5.29. The van der Waals surface area contributed by atoms with Gasteiger partial charge < -0.3 is 19.6 Å². The summed E-state index contributed by atoms with van der Waals surface area (Å²) in [7, 11) is 7.40. The Kier molecular flexibility index (Phi) is 5.04. The highest BCUT2D eigenvalue weighted by atomic mass is 16.3. The van der Waals surface area contributed by atoms with Crippen LogP contribution in [0.2, 0.25) is 0 Å². The van der Waals surface area contributed by atoms with Gasteiger partial charge in [-0.2, -0.15) is 0 Å². The number of hydrogen-bond donors (Lipinski definition) is 2. The van der Waals surface area contributed by atoms with E-state index < -0.39 is 6.10 Å². The third-order valence-corrected chi connectivity index (χ3v) is 1.73. The second-order valence-electron chi connectivity index (χ2n) is 4.56. The molecule has 0 aliphatic carbocycles. The number of aliphatic hydroxyl groups is 2. The molecule has 2 N–H and O–H groups in total. The fourth-order valence-corrected chi connectivity index (χ4v) is 1.00. The summed E-state index contributed by atoms with van der Waals surface area (Å²) in [4.78, 5) is 13.0. The summed E-state index contributed by atoms with van der Waals surface area (Å²) in [6.07, 6.45) is -0.851. The van der Waals surface area contributed by atoms with Crippen molar-refractivity contribution in [1.29, 1.82) is 0 Å². The van der Waals surface area contributed by atoms with Gasteiger partial charge >= 0.3 is 0 Å². The molecule has 5 nitrogen and oxygen atoms in total. The van der Waals surface area contributed by atoms with Crippen LogP contribution in [0.5, 0.6) is 0 Å². The SMILES string of the molecule is CN(CC(O)CO)C(=O)C[N+](C)(C)C. The van der Waals surface area contributed by atoms with Crippen molar-refractivity contribution in [3.8, 4) is 0 Å². The van der Waals surface area contributed by atoms with Crippen LogP contribution in [-0.2, 0) is 4.79 Å². The Labute approximate surface area is 85.1 Å². The average molecular weight is 205 g/mol. The Morgan fingerprint density at radius 2 is 1.93 bits per heavy atom. The van der Waals surface area contributed by atoms with E-state index in [2.05, 4.69) is 0 Å². The minimum atomic E-state index is -0.851. The summed E-state index contributed by atoms with van der Waals surface area (Å²) < 4.78 is 0.554.